The molecule has 2 aromatic heterocycles. The van der Waals surface area contributed by atoms with Crippen LogP contribution in [0.2, 0.25) is 0 Å². The Morgan fingerprint density at radius 1 is 1.12 bits per heavy atom. The number of fused-ring (bicyclic) bond motifs is 2. The number of halogens is 1. The molecule has 5 heteroatoms. The van der Waals surface area contributed by atoms with Gasteiger partial charge in [-0.15, -0.1) is 5.10 Å². The van der Waals surface area contributed by atoms with Gasteiger partial charge in [0.1, 0.15) is 5.52 Å². The first-order valence-corrected chi connectivity index (χ1v) is 8.96. The lowest BCUT2D eigenvalue weighted by Gasteiger charge is -2.07. The van der Waals surface area contributed by atoms with Gasteiger partial charge in [0.2, 0.25) is 0 Å². The van der Waals surface area contributed by atoms with E-state index < -0.39 is 0 Å². The van der Waals surface area contributed by atoms with Crippen molar-refractivity contribution in [3.63, 3.8) is 0 Å². The first-order chi connectivity index (χ1) is 11.8. The molecule has 1 aliphatic rings. The van der Waals surface area contributed by atoms with Gasteiger partial charge in [-0.3, -0.25) is 4.98 Å². The third kappa shape index (κ3) is 2.31. The van der Waals surface area contributed by atoms with Crippen LogP contribution in [0.4, 0.5) is 0 Å². The topological polar surface area (TPSA) is 43.6 Å². The fourth-order valence-corrected chi connectivity index (χ4v) is 3.79. The van der Waals surface area contributed by atoms with Crippen molar-refractivity contribution in [1.82, 2.24) is 20.0 Å². The maximum absolute atomic E-state index is 4.40. The summed E-state index contributed by atoms with van der Waals surface area (Å²) in [5, 5.41) is 9.89. The Hall–Kier alpha value is -2.27. The fourth-order valence-electron chi connectivity index (χ4n) is 3.15. The molecule has 0 spiro atoms. The van der Waals surface area contributed by atoms with Crippen LogP contribution in [0.5, 0.6) is 0 Å². The standard InChI is InChI=1S/C19H15BrN4/c20-18-15(13-5-7-16-14(10-13)2-1-9-21-16)6-8-17-19(18)22-23-24(17)11-12-3-4-12/h1-2,5-10,12H,3-4,11H2. The Labute approximate surface area is 147 Å². The summed E-state index contributed by atoms with van der Waals surface area (Å²) in [7, 11) is 0. The third-order valence-corrected chi connectivity index (χ3v) is 5.47. The van der Waals surface area contributed by atoms with Crippen molar-refractivity contribution >= 4 is 37.9 Å². The van der Waals surface area contributed by atoms with Gasteiger partial charge in [-0.05, 0) is 70.1 Å². The molecule has 118 valence electrons. The number of rotatable bonds is 3. The molecule has 0 bridgehead atoms. The summed E-state index contributed by atoms with van der Waals surface area (Å²) in [5.74, 6) is 0.779. The largest absolute Gasteiger partial charge is 0.256 e. The number of hydrogen-bond acceptors (Lipinski definition) is 3. The normalized spacial score (nSPS) is 14.5. The van der Waals surface area contributed by atoms with Crippen molar-refractivity contribution in [3.8, 4) is 11.1 Å². The Kier molecular flexibility index (Phi) is 3.16. The molecule has 2 aromatic carbocycles. The molecule has 0 aliphatic heterocycles. The van der Waals surface area contributed by atoms with Crippen LogP contribution in [-0.4, -0.2) is 20.0 Å². The fraction of sp³-hybridized carbons (Fsp3) is 0.211. The lowest BCUT2D eigenvalue weighted by Crippen LogP contribution is -2.01. The molecule has 0 radical (unpaired) electrons. The molecular weight excluding hydrogens is 364 g/mol. The van der Waals surface area contributed by atoms with Crippen LogP contribution in [0.3, 0.4) is 0 Å². The van der Waals surface area contributed by atoms with Crippen LogP contribution < -0.4 is 0 Å². The van der Waals surface area contributed by atoms with Crippen molar-refractivity contribution in [2.45, 2.75) is 19.4 Å². The van der Waals surface area contributed by atoms with Gasteiger partial charge >= 0.3 is 0 Å². The smallest absolute Gasteiger partial charge is 0.127 e. The van der Waals surface area contributed by atoms with Gasteiger partial charge in [-0.25, -0.2) is 4.68 Å². The minimum atomic E-state index is 0.779. The van der Waals surface area contributed by atoms with E-state index in [0.717, 1.165) is 50.0 Å². The molecule has 0 amide bonds. The molecule has 0 atom stereocenters. The minimum absolute atomic E-state index is 0.779. The molecule has 5 rings (SSSR count). The first kappa shape index (κ1) is 14.1. The quantitative estimate of drug-likeness (QED) is 0.513. The molecule has 2 heterocycles. The van der Waals surface area contributed by atoms with E-state index in [9.17, 15) is 0 Å². The summed E-state index contributed by atoms with van der Waals surface area (Å²) >= 11 is 3.75. The van der Waals surface area contributed by atoms with E-state index in [1.807, 2.05) is 16.9 Å². The van der Waals surface area contributed by atoms with E-state index in [4.69, 9.17) is 0 Å². The van der Waals surface area contributed by atoms with E-state index in [2.05, 4.69) is 67.6 Å². The van der Waals surface area contributed by atoms with Crippen LogP contribution in [0, 0.1) is 5.92 Å². The van der Waals surface area contributed by atoms with Crippen molar-refractivity contribution in [3.05, 3.63) is 53.1 Å². The molecule has 24 heavy (non-hydrogen) atoms. The molecule has 0 unspecified atom stereocenters. The molecule has 1 aliphatic carbocycles. The van der Waals surface area contributed by atoms with Crippen LogP contribution in [0.25, 0.3) is 33.1 Å². The molecule has 4 aromatic rings. The number of nitrogens with zero attached hydrogens (tertiary/aromatic N) is 4. The van der Waals surface area contributed by atoms with Crippen LogP contribution in [0.15, 0.2) is 53.1 Å². The SMILES string of the molecule is Brc1c(-c2ccc3ncccc3c2)ccc2c1nnn2CC1CC1. The van der Waals surface area contributed by atoms with Gasteiger partial charge in [0.25, 0.3) is 0 Å². The minimum Gasteiger partial charge on any atom is -0.256 e. The lowest BCUT2D eigenvalue weighted by molar-refractivity contribution is 0.559. The average molecular weight is 379 g/mol. The van der Waals surface area contributed by atoms with E-state index in [1.165, 1.54) is 12.8 Å². The Morgan fingerprint density at radius 2 is 2.04 bits per heavy atom. The highest BCUT2D eigenvalue weighted by atomic mass is 79.9. The van der Waals surface area contributed by atoms with Crippen LogP contribution in [0.1, 0.15) is 12.8 Å². The van der Waals surface area contributed by atoms with E-state index in [1.54, 1.807) is 0 Å². The second kappa shape index (κ2) is 5.38. The molecule has 0 N–H and O–H groups in total. The van der Waals surface area contributed by atoms with Crippen molar-refractivity contribution in [1.29, 1.82) is 0 Å². The lowest BCUT2D eigenvalue weighted by atomic mass is 10.0. The third-order valence-electron chi connectivity index (χ3n) is 4.67. The summed E-state index contributed by atoms with van der Waals surface area (Å²) in [5.41, 5.74) is 5.32. The van der Waals surface area contributed by atoms with Crippen molar-refractivity contribution < 1.29 is 0 Å². The summed E-state index contributed by atoms with van der Waals surface area (Å²) in [6.45, 7) is 0.976. The Morgan fingerprint density at radius 3 is 2.92 bits per heavy atom. The first-order valence-electron chi connectivity index (χ1n) is 8.16. The summed E-state index contributed by atoms with van der Waals surface area (Å²) < 4.78 is 3.04. The number of hydrogen-bond donors (Lipinski definition) is 0. The van der Waals surface area contributed by atoms with Gasteiger partial charge in [-0.1, -0.05) is 23.4 Å². The molecule has 0 saturated heterocycles. The molecule has 1 fully saturated rings. The van der Waals surface area contributed by atoms with E-state index >= 15 is 0 Å². The zero-order valence-electron chi connectivity index (χ0n) is 13.0. The highest BCUT2D eigenvalue weighted by Gasteiger charge is 2.23. The number of benzene rings is 2. The molecule has 1 saturated carbocycles. The second-order valence-electron chi connectivity index (χ2n) is 6.42. The maximum Gasteiger partial charge on any atom is 0.127 e. The van der Waals surface area contributed by atoms with Gasteiger partial charge in [-0.2, -0.15) is 0 Å². The van der Waals surface area contributed by atoms with E-state index in [0.29, 0.717) is 0 Å². The number of pyridine rings is 1. The second-order valence-corrected chi connectivity index (χ2v) is 7.21. The monoisotopic (exact) mass is 378 g/mol. The summed E-state index contributed by atoms with van der Waals surface area (Å²) in [4.78, 5) is 4.39. The van der Waals surface area contributed by atoms with Gasteiger partial charge in [0.05, 0.1) is 15.5 Å². The highest BCUT2D eigenvalue weighted by molar-refractivity contribution is 9.10. The summed E-state index contributed by atoms with van der Waals surface area (Å²) in [6, 6.07) is 14.7. The maximum atomic E-state index is 4.40. The Balaban J connectivity index is 1.64. The van der Waals surface area contributed by atoms with Gasteiger partial charge in [0.15, 0.2) is 0 Å². The average Bonchev–Trinajstić information content (AvgIpc) is 3.34. The zero-order chi connectivity index (χ0) is 16.1. The highest BCUT2D eigenvalue weighted by Crippen LogP contribution is 2.36. The van der Waals surface area contributed by atoms with Crippen molar-refractivity contribution in [2.75, 3.05) is 0 Å². The molecule has 4 nitrogen and oxygen atoms in total. The van der Waals surface area contributed by atoms with Crippen LogP contribution in [-0.2, 0) is 6.54 Å². The Bertz CT molecular complexity index is 1070. The van der Waals surface area contributed by atoms with E-state index in [-0.39, 0.29) is 0 Å². The van der Waals surface area contributed by atoms with Gasteiger partial charge in [0, 0.05) is 18.1 Å². The van der Waals surface area contributed by atoms with Crippen LogP contribution >= 0.6 is 15.9 Å². The predicted octanol–water partition coefficient (Wildman–Crippen LogP) is 4.82. The van der Waals surface area contributed by atoms with Crippen molar-refractivity contribution in [2.24, 2.45) is 5.92 Å². The number of aromatic nitrogens is 4. The zero-order valence-corrected chi connectivity index (χ0v) is 14.6. The molecular formula is C19H15BrN4. The van der Waals surface area contributed by atoms with Gasteiger partial charge < -0.3 is 0 Å². The summed E-state index contributed by atoms with van der Waals surface area (Å²) in [6.07, 6.45) is 4.44. The predicted molar refractivity (Wildman–Crippen MR) is 98.7 cm³/mol.